The Hall–Kier alpha value is -2.14. The van der Waals surface area contributed by atoms with Crippen molar-refractivity contribution in [1.29, 1.82) is 0 Å². The number of amides is 1. The molecule has 1 heterocycles. The molecule has 0 saturated heterocycles. The molecule has 0 spiro atoms. The molecule has 0 aliphatic rings. The third-order valence-electron chi connectivity index (χ3n) is 3.03. The van der Waals surface area contributed by atoms with E-state index in [1.165, 1.54) is 17.4 Å². The smallest absolute Gasteiger partial charge is 0.338 e. The van der Waals surface area contributed by atoms with Gasteiger partial charge in [-0.2, -0.15) is 0 Å². The van der Waals surface area contributed by atoms with Crippen molar-refractivity contribution in [2.24, 2.45) is 0 Å². The average Bonchev–Trinajstić information content (AvgIpc) is 2.75. The molecule has 0 radical (unpaired) electrons. The second-order valence-electron chi connectivity index (χ2n) is 4.70. The van der Waals surface area contributed by atoms with Crippen molar-refractivity contribution >= 4 is 28.2 Å². The maximum Gasteiger partial charge on any atom is 0.338 e. The molecule has 1 aromatic heterocycles. The molecule has 5 heteroatoms. The summed E-state index contributed by atoms with van der Waals surface area (Å²) in [6, 6.07) is 5.36. The van der Waals surface area contributed by atoms with Gasteiger partial charge < -0.3 is 10.4 Å². The van der Waals surface area contributed by atoms with E-state index in [0.717, 1.165) is 16.7 Å². The average molecular weight is 289 g/mol. The van der Waals surface area contributed by atoms with Crippen molar-refractivity contribution < 1.29 is 14.7 Å². The SMILES string of the molecule is Cc1cc(C)c(C(=O)Nc2sccc2C(=O)O)c(C)c1. The van der Waals surface area contributed by atoms with Crippen molar-refractivity contribution in [3.8, 4) is 0 Å². The number of aromatic carboxylic acids is 1. The van der Waals surface area contributed by atoms with Crippen LogP contribution in [0.2, 0.25) is 0 Å². The molecule has 2 N–H and O–H groups in total. The molecule has 0 bridgehead atoms. The third-order valence-corrected chi connectivity index (χ3v) is 3.86. The van der Waals surface area contributed by atoms with Crippen molar-refractivity contribution in [2.75, 3.05) is 5.32 Å². The summed E-state index contributed by atoms with van der Waals surface area (Å²) in [5.74, 6) is -1.32. The molecular formula is C15H15NO3S. The number of carboxylic acid groups (broad SMARTS) is 1. The van der Waals surface area contributed by atoms with E-state index in [9.17, 15) is 9.59 Å². The van der Waals surface area contributed by atoms with Crippen LogP contribution in [0.1, 0.15) is 37.4 Å². The van der Waals surface area contributed by atoms with Gasteiger partial charge in [0.05, 0.1) is 5.56 Å². The van der Waals surface area contributed by atoms with Crippen LogP contribution in [-0.4, -0.2) is 17.0 Å². The first kappa shape index (κ1) is 14.3. The molecule has 1 amide bonds. The van der Waals surface area contributed by atoms with Gasteiger partial charge in [-0.05, 0) is 43.3 Å². The number of hydrogen-bond acceptors (Lipinski definition) is 3. The second kappa shape index (κ2) is 5.46. The van der Waals surface area contributed by atoms with Crippen LogP contribution < -0.4 is 5.32 Å². The Kier molecular flexibility index (Phi) is 3.90. The Morgan fingerprint density at radius 3 is 2.30 bits per heavy atom. The predicted molar refractivity (Wildman–Crippen MR) is 79.9 cm³/mol. The number of hydrogen-bond donors (Lipinski definition) is 2. The number of benzene rings is 1. The van der Waals surface area contributed by atoms with Gasteiger partial charge in [0.15, 0.2) is 0 Å². The van der Waals surface area contributed by atoms with Crippen LogP contribution in [0, 0.1) is 20.8 Å². The van der Waals surface area contributed by atoms with Crippen molar-refractivity contribution in [2.45, 2.75) is 20.8 Å². The van der Waals surface area contributed by atoms with Gasteiger partial charge >= 0.3 is 5.97 Å². The molecule has 0 atom stereocenters. The van der Waals surface area contributed by atoms with Crippen LogP contribution in [0.5, 0.6) is 0 Å². The fourth-order valence-electron chi connectivity index (χ4n) is 2.28. The Morgan fingerprint density at radius 2 is 1.75 bits per heavy atom. The fourth-order valence-corrected chi connectivity index (χ4v) is 3.05. The molecule has 2 rings (SSSR count). The van der Waals surface area contributed by atoms with Crippen molar-refractivity contribution in [3.05, 3.63) is 51.4 Å². The predicted octanol–water partition coefficient (Wildman–Crippen LogP) is 3.62. The largest absolute Gasteiger partial charge is 0.478 e. The van der Waals surface area contributed by atoms with Crippen molar-refractivity contribution in [3.63, 3.8) is 0 Å². The lowest BCUT2D eigenvalue weighted by Gasteiger charge is -2.11. The highest BCUT2D eigenvalue weighted by Crippen LogP contribution is 2.25. The maximum atomic E-state index is 12.3. The minimum Gasteiger partial charge on any atom is -0.478 e. The van der Waals surface area contributed by atoms with Crippen molar-refractivity contribution in [1.82, 2.24) is 0 Å². The fraction of sp³-hybridized carbons (Fsp3) is 0.200. The van der Waals surface area contributed by atoms with Gasteiger partial charge in [-0.25, -0.2) is 4.79 Å². The first-order valence-corrected chi connectivity index (χ1v) is 6.98. The standard InChI is InChI=1S/C15H15NO3S/c1-8-6-9(2)12(10(3)7-8)13(17)16-14-11(15(18)19)4-5-20-14/h4-7H,1-3H3,(H,16,17)(H,18,19). The summed E-state index contributed by atoms with van der Waals surface area (Å²) in [7, 11) is 0. The summed E-state index contributed by atoms with van der Waals surface area (Å²) in [6.07, 6.45) is 0. The lowest BCUT2D eigenvalue weighted by Crippen LogP contribution is -2.16. The molecule has 1 aromatic carbocycles. The zero-order valence-corrected chi connectivity index (χ0v) is 12.3. The van der Waals surface area contributed by atoms with Gasteiger partial charge in [-0.1, -0.05) is 17.7 Å². The van der Waals surface area contributed by atoms with E-state index in [4.69, 9.17) is 5.11 Å². The Labute approximate surface area is 121 Å². The maximum absolute atomic E-state index is 12.3. The van der Waals surface area contributed by atoms with Crippen LogP contribution in [0.3, 0.4) is 0 Å². The number of aryl methyl sites for hydroxylation is 3. The Bertz CT molecular complexity index is 665. The first-order chi connectivity index (χ1) is 9.40. The molecule has 20 heavy (non-hydrogen) atoms. The highest BCUT2D eigenvalue weighted by atomic mass is 32.1. The van der Waals surface area contributed by atoms with Gasteiger partial charge in [-0.15, -0.1) is 11.3 Å². The lowest BCUT2D eigenvalue weighted by atomic mass is 9.99. The molecule has 4 nitrogen and oxygen atoms in total. The quantitative estimate of drug-likeness (QED) is 0.906. The Balaban J connectivity index is 2.34. The zero-order chi connectivity index (χ0) is 14.9. The van der Waals surface area contributed by atoms with Crippen LogP contribution in [0.15, 0.2) is 23.6 Å². The van der Waals surface area contributed by atoms with Crippen LogP contribution in [0.25, 0.3) is 0 Å². The van der Waals surface area contributed by atoms with E-state index in [2.05, 4.69) is 5.32 Å². The Morgan fingerprint density at radius 1 is 1.15 bits per heavy atom. The molecule has 0 fully saturated rings. The lowest BCUT2D eigenvalue weighted by molar-refractivity contribution is 0.0698. The highest BCUT2D eigenvalue weighted by molar-refractivity contribution is 7.14. The highest BCUT2D eigenvalue weighted by Gasteiger charge is 2.17. The normalized spacial score (nSPS) is 10.3. The van der Waals surface area contributed by atoms with Crippen LogP contribution in [-0.2, 0) is 0 Å². The van der Waals surface area contributed by atoms with E-state index in [-0.39, 0.29) is 11.5 Å². The zero-order valence-electron chi connectivity index (χ0n) is 11.5. The molecule has 2 aromatic rings. The van der Waals surface area contributed by atoms with Gasteiger partial charge in [-0.3, -0.25) is 4.79 Å². The molecular weight excluding hydrogens is 274 g/mol. The first-order valence-electron chi connectivity index (χ1n) is 6.10. The van der Waals surface area contributed by atoms with E-state index < -0.39 is 5.97 Å². The van der Waals surface area contributed by atoms with Gasteiger partial charge in [0, 0.05) is 5.56 Å². The van der Waals surface area contributed by atoms with E-state index in [1.54, 1.807) is 5.38 Å². The molecule has 0 unspecified atom stereocenters. The summed E-state index contributed by atoms with van der Waals surface area (Å²) in [4.78, 5) is 23.4. The van der Waals surface area contributed by atoms with Gasteiger partial charge in [0.25, 0.3) is 5.91 Å². The van der Waals surface area contributed by atoms with Gasteiger partial charge in [0.2, 0.25) is 0 Å². The summed E-state index contributed by atoms with van der Waals surface area (Å²) in [5.41, 5.74) is 3.58. The number of thiophene rings is 1. The minimum absolute atomic E-state index is 0.116. The number of anilines is 1. The number of nitrogens with one attached hydrogen (secondary N) is 1. The molecule has 0 saturated carbocycles. The minimum atomic E-state index is -1.04. The van der Waals surface area contributed by atoms with E-state index in [1.807, 2.05) is 32.9 Å². The number of rotatable bonds is 3. The van der Waals surface area contributed by atoms with Gasteiger partial charge in [0.1, 0.15) is 5.00 Å². The number of carbonyl (C=O) groups excluding carboxylic acids is 1. The topological polar surface area (TPSA) is 66.4 Å². The monoisotopic (exact) mass is 289 g/mol. The van der Waals surface area contributed by atoms with Crippen LogP contribution in [0.4, 0.5) is 5.00 Å². The summed E-state index contributed by atoms with van der Waals surface area (Å²) >= 11 is 1.20. The molecule has 0 aliphatic carbocycles. The van der Waals surface area contributed by atoms with Crippen LogP contribution >= 0.6 is 11.3 Å². The molecule has 0 aliphatic heterocycles. The molecule has 104 valence electrons. The summed E-state index contributed by atoms with van der Waals surface area (Å²) < 4.78 is 0. The third kappa shape index (κ3) is 2.72. The second-order valence-corrected chi connectivity index (χ2v) is 5.61. The van der Waals surface area contributed by atoms with E-state index in [0.29, 0.717) is 10.6 Å². The summed E-state index contributed by atoms with van der Waals surface area (Å²) in [6.45, 7) is 5.73. The summed E-state index contributed by atoms with van der Waals surface area (Å²) in [5, 5.41) is 13.7. The number of carboxylic acids is 1. The number of carbonyl (C=O) groups is 2. The van der Waals surface area contributed by atoms with E-state index >= 15 is 0 Å².